The van der Waals surface area contributed by atoms with Crippen molar-refractivity contribution in [1.29, 1.82) is 0 Å². The molecular formula is C11H14O5. The van der Waals surface area contributed by atoms with Crippen molar-refractivity contribution in [2.45, 2.75) is 18.4 Å². The molecule has 1 aliphatic heterocycles. The standard InChI is InChI=1S/C11H14O5/c1-14-10(12)8-3-4-9(16-8)11(13)5-2-6-15-7-11/h3-4,13H,2,5-7H2,1H3. The van der Waals surface area contributed by atoms with Gasteiger partial charge in [-0.2, -0.15) is 0 Å². The van der Waals surface area contributed by atoms with E-state index in [2.05, 4.69) is 4.74 Å². The zero-order chi connectivity index (χ0) is 11.6. The maximum absolute atomic E-state index is 11.2. The zero-order valence-corrected chi connectivity index (χ0v) is 9.06. The average Bonchev–Trinajstić information content (AvgIpc) is 2.79. The number of carbonyl (C=O) groups is 1. The van der Waals surface area contributed by atoms with Crippen LogP contribution in [0.4, 0.5) is 0 Å². The molecule has 2 heterocycles. The Morgan fingerprint density at radius 3 is 3.00 bits per heavy atom. The Labute approximate surface area is 93.0 Å². The van der Waals surface area contributed by atoms with Crippen LogP contribution in [-0.2, 0) is 15.1 Å². The van der Waals surface area contributed by atoms with E-state index in [9.17, 15) is 9.90 Å². The van der Waals surface area contributed by atoms with Crippen molar-refractivity contribution in [2.24, 2.45) is 0 Å². The van der Waals surface area contributed by atoms with E-state index in [0.29, 0.717) is 18.8 Å². The lowest BCUT2D eigenvalue weighted by Crippen LogP contribution is -2.35. The van der Waals surface area contributed by atoms with Gasteiger partial charge in [-0.1, -0.05) is 0 Å². The summed E-state index contributed by atoms with van der Waals surface area (Å²) in [4.78, 5) is 11.2. The molecule has 5 heteroatoms. The number of ether oxygens (including phenoxy) is 2. The molecule has 1 saturated heterocycles. The van der Waals surface area contributed by atoms with Gasteiger partial charge in [0.25, 0.3) is 0 Å². The molecule has 0 aliphatic carbocycles. The second-order valence-corrected chi connectivity index (χ2v) is 3.84. The Kier molecular flexibility index (Phi) is 2.98. The molecule has 88 valence electrons. The molecule has 1 N–H and O–H groups in total. The van der Waals surface area contributed by atoms with Crippen LogP contribution in [0.25, 0.3) is 0 Å². The van der Waals surface area contributed by atoms with Gasteiger partial charge in [0, 0.05) is 6.61 Å². The van der Waals surface area contributed by atoms with Gasteiger partial charge in [0.15, 0.2) is 0 Å². The SMILES string of the molecule is COC(=O)c1ccc(C2(O)CCCOC2)o1. The van der Waals surface area contributed by atoms with Crippen LogP contribution < -0.4 is 0 Å². The van der Waals surface area contributed by atoms with Crippen LogP contribution in [0.2, 0.25) is 0 Å². The molecule has 1 aromatic heterocycles. The Morgan fingerprint density at radius 2 is 2.38 bits per heavy atom. The summed E-state index contributed by atoms with van der Waals surface area (Å²) in [6.45, 7) is 0.841. The van der Waals surface area contributed by atoms with E-state index in [1.807, 2.05) is 0 Å². The third-order valence-electron chi connectivity index (χ3n) is 2.67. The second kappa shape index (κ2) is 4.27. The summed E-state index contributed by atoms with van der Waals surface area (Å²) in [6.07, 6.45) is 1.34. The third-order valence-corrected chi connectivity index (χ3v) is 2.67. The largest absolute Gasteiger partial charge is 0.463 e. The summed E-state index contributed by atoms with van der Waals surface area (Å²) < 4.78 is 15.0. The van der Waals surface area contributed by atoms with Crippen molar-refractivity contribution in [3.05, 3.63) is 23.7 Å². The highest BCUT2D eigenvalue weighted by molar-refractivity contribution is 5.86. The molecule has 2 rings (SSSR count). The van der Waals surface area contributed by atoms with Gasteiger partial charge < -0.3 is 19.0 Å². The van der Waals surface area contributed by atoms with E-state index >= 15 is 0 Å². The molecular weight excluding hydrogens is 212 g/mol. The zero-order valence-electron chi connectivity index (χ0n) is 9.06. The highest BCUT2D eigenvalue weighted by Crippen LogP contribution is 2.31. The highest BCUT2D eigenvalue weighted by atomic mass is 16.5. The number of carbonyl (C=O) groups excluding carboxylic acids is 1. The summed E-state index contributed by atoms with van der Waals surface area (Å²) in [5.74, 6) is -0.101. The Balaban J connectivity index is 2.20. The Morgan fingerprint density at radius 1 is 1.56 bits per heavy atom. The number of methoxy groups -OCH3 is 1. The van der Waals surface area contributed by atoms with Crippen LogP contribution in [-0.4, -0.2) is 31.4 Å². The fraction of sp³-hybridized carbons (Fsp3) is 0.545. The number of rotatable bonds is 2. The average molecular weight is 226 g/mol. The number of aliphatic hydroxyl groups is 1. The van der Waals surface area contributed by atoms with Crippen molar-refractivity contribution in [3.8, 4) is 0 Å². The highest BCUT2D eigenvalue weighted by Gasteiger charge is 2.35. The van der Waals surface area contributed by atoms with Crippen molar-refractivity contribution in [1.82, 2.24) is 0 Å². The first-order valence-electron chi connectivity index (χ1n) is 5.14. The monoisotopic (exact) mass is 226 g/mol. The molecule has 0 aromatic carbocycles. The summed E-state index contributed by atoms with van der Waals surface area (Å²) in [7, 11) is 1.28. The van der Waals surface area contributed by atoms with Crippen LogP contribution in [0.3, 0.4) is 0 Å². The minimum atomic E-state index is -1.12. The topological polar surface area (TPSA) is 68.9 Å². The van der Waals surface area contributed by atoms with Gasteiger partial charge in [0.1, 0.15) is 11.4 Å². The van der Waals surface area contributed by atoms with Gasteiger partial charge in [-0.3, -0.25) is 0 Å². The van der Waals surface area contributed by atoms with Gasteiger partial charge in [-0.15, -0.1) is 0 Å². The minimum Gasteiger partial charge on any atom is -0.463 e. The van der Waals surface area contributed by atoms with Crippen molar-refractivity contribution >= 4 is 5.97 Å². The number of hydrogen-bond donors (Lipinski definition) is 1. The molecule has 1 atom stereocenters. The van der Waals surface area contributed by atoms with Gasteiger partial charge in [-0.05, 0) is 25.0 Å². The normalized spacial score (nSPS) is 25.4. The fourth-order valence-corrected chi connectivity index (χ4v) is 1.77. The van der Waals surface area contributed by atoms with Gasteiger partial charge in [0.2, 0.25) is 5.76 Å². The summed E-state index contributed by atoms with van der Waals surface area (Å²) in [5, 5.41) is 10.2. The molecule has 5 nitrogen and oxygen atoms in total. The molecule has 1 aromatic rings. The van der Waals surface area contributed by atoms with Crippen LogP contribution >= 0.6 is 0 Å². The summed E-state index contributed by atoms with van der Waals surface area (Å²) >= 11 is 0. The van der Waals surface area contributed by atoms with Gasteiger partial charge in [-0.25, -0.2) is 4.79 Å². The predicted molar refractivity (Wildman–Crippen MR) is 54.0 cm³/mol. The molecule has 0 saturated carbocycles. The lowest BCUT2D eigenvalue weighted by atomic mass is 9.94. The first-order chi connectivity index (χ1) is 7.65. The lowest BCUT2D eigenvalue weighted by Gasteiger charge is -2.29. The van der Waals surface area contributed by atoms with Gasteiger partial charge in [0.05, 0.1) is 13.7 Å². The van der Waals surface area contributed by atoms with Crippen LogP contribution in [0, 0.1) is 0 Å². The quantitative estimate of drug-likeness (QED) is 0.764. The van der Waals surface area contributed by atoms with E-state index in [0.717, 1.165) is 6.42 Å². The van der Waals surface area contributed by atoms with E-state index in [4.69, 9.17) is 9.15 Å². The number of hydrogen-bond acceptors (Lipinski definition) is 5. The van der Waals surface area contributed by atoms with Crippen molar-refractivity contribution < 1.29 is 23.8 Å². The van der Waals surface area contributed by atoms with Crippen LogP contribution in [0.5, 0.6) is 0 Å². The van der Waals surface area contributed by atoms with Crippen LogP contribution in [0.15, 0.2) is 16.5 Å². The molecule has 0 bridgehead atoms. The van der Waals surface area contributed by atoms with E-state index in [1.165, 1.54) is 13.2 Å². The Hall–Kier alpha value is -1.33. The van der Waals surface area contributed by atoms with Gasteiger partial charge >= 0.3 is 5.97 Å². The molecule has 0 amide bonds. The van der Waals surface area contributed by atoms with E-state index < -0.39 is 11.6 Å². The molecule has 0 radical (unpaired) electrons. The molecule has 0 spiro atoms. The first-order valence-corrected chi connectivity index (χ1v) is 5.14. The lowest BCUT2D eigenvalue weighted by molar-refractivity contribution is -0.102. The molecule has 16 heavy (non-hydrogen) atoms. The second-order valence-electron chi connectivity index (χ2n) is 3.84. The predicted octanol–water partition coefficient (Wildman–Crippen LogP) is 1.06. The molecule has 1 aliphatic rings. The molecule has 1 unspecified atom stereocenters. The maximum Gasteiger partial charge on any atom is 0.373 e. The first kappa shape index (κ1) is 11.2. The summed E-state index contributed by atoms with van der Waals surface area (Å²) in [6, 6.07) is 3.08. The smallest absolute Gasteiger partial charge is 0.373 e. The Bertz CT molecular complexity index is 375. The fourth-order valence-electron chi connectivity index (χ4n) is 1.77. The van der Waals surface area contributed by atoms with E-state index in [1.54, 1.807) is 6.07 Å². The number of furan rings is 1. The maximum atomic E-state index is 11.2. The third kappa shape index (κ3) is 1.96. The van der Waals surface area contributed by atoms with Crippen molar-refractivity contribution in [3.63, 3.8) is 0 Å². The van der Waals surface area contributed by atoms with E-state index in [-0.39, 0.29) is 12.4 Å². The number of esters is 1. The summed E-state index contributed by atoms with van der Waals surface area (Å²) in [5.41, 5.74) is -1.12. The van der Waals surface area contributed by atoms with Crippen LogP contribution in [0.1, 0.15) is 29.2 Å². The van der Waals surface area contributed by atoms with Crippen molar-refractivity contribution in [2.75, 3.05) is 20.3 Å². The minimum absolute atomic E-state index is 0.0940. The molecule has 1 fully saturated rings.